The van der Waals surface area contributed by atoms with Gasteiger partial charge in [-0.25, -0.2) is 4.98 Å². The van der Waals surface area contributed by atoms with Gasteiger partial charge in [-0.2, -0.15) is 0 Å². The SMILES string of the molecule is O=C(O)CNC(=O)c1nc(Cl)c2c(sc3cnccc32)c1O. The molecule has 0 saturated carbocycles. The topological polar surface area (TPSA) is 112 Å². The van der Waals surface area contributed by atoms with Crippen molar-refractivity contribution >= 4 is 55.0 Å². The summed E-state index contributed by atoms with van der Waals surface area (Å²) in [5.41, 5.74) is -0.307. The van der Waals surface area contributed by atoms with E-state index >= 15 is 0 Å². The molecule has 0 radical (unpaired) electrons. The van der Waals surface area contributed by atoms with Gasteiger partial charge in [0.05, 0.1) is 9.40 Å². The Morgan fingerprint density at radius 1 is 1.41 bits per heavy atom. The van der Waals surface area contributed by atoms with Gasteiger partial charge in [0.25, 0.3) is 5.91 Å². The van der Waals surface area contributed by atoms with Crippen LogP contribution in [0.3, 0.4) is 0 Å². The number of carboxylic acids is 1. The van der Waals surface area contributed by atoms with Gasteiger partial charge >= 0.3 is 5.97 Å². The third-order valence-corrected chi connectivity index (χ3v) is 4.38. The zero-order valence-corrected chi connectivity index (χ0v) is 12.4. The molecule has 0 aliphatic heterocycles. The Balaban J connectivity index is 2.18. The average Bonchev–Trinajstić information content (AvgIpc) is 2.88. The molecule has 3 aromatic rings. The molecule has 3 rings (SSSR count). The Kier molecular flexibility index (Phi) is 3.55. The highest BCUT2D eigenvalue weighted by molar-refractivity contribution is 7.26. The van der Waals surface area contributed by atoms with E-state index in [2.05, 4.69) is 15.3 Å². The minimum Gasteiger partial charge on any atom is -0.504 e. The Bertz CT molecular complexity index is 924. The fourth-order valence-corrected chi connectivity index (χ4v) is 3.49. The van der Waals surface area contributed by atoms with Gasteiger partial charge in [0.1, 0.15) is 11.7 Å². The Hall–Kier alpha value is -2.45. The molecule has 0 bridgehead atoms. The highest BCUT2D eigenvalue weighted by atomic mass is 35.5. The molecule has 9 heteroatoms. The summed E-state index contributed by atoms with van der Waals surface area (Å²) in [6.07, 6.45) is 3.22. The standard InChI is InChI=1S/C13H8ClN3O4S/c14-12-8-5-1-2-15-3-6(5)22-11(8)10(20)9(17-12)13(21)16-4-7(18)19/h1-3,20H,4H2,(H,16,21)(H,18,19). The van der Waals surface area contributed by atoms with Crippen LogP contribution in [0.2, 0.25) is 5.15 Å². The molecule has 3 heterocycles. The lowest BCUT2D eigenvalue weighted by atomic mass is 10.2. The molecule has 0 aliphatic carbocycles. The summed E-state index contributed by atoms with van der Waals surface area (Å²) in [6.45, 7) is -0.577. The van der Waals surface area contributed by atoms with E-state index in [0.717, 1.165) is 10.1 Å². The molecule has 3 N–H and O–H groups in total. The van der Waals surface area contributed by atoms with Gasteiger partial charge in [-0.05, 0) is 6.07 Å². The maximum absolute atomic E-state index is 11.9. The second-order valence-corrected chi connectivity index (χ2v) is 5.76. The van der Waals surface area contributed by atoms with Crippen LogP contribution in [0.4, 0.5) is 0 Å². The van der Waals surface area contributed by atoms with Gasteiger partial charge in [-0.3, -0.25) is 14.6 Å². The summed E-state index contributed by atoms with van der Waals surface area (Å²) < 4.78 is 1.20. The molecule has 0 unspecified atom stereocenters. The second-order valence-electron chi connectivity index (χ2n) is 4.35. The average molecular weight is 338 g/mol. The first-order valence-electron chi connectivity index (χ1n) is 6.03. The predicted molar refractivity (Wildman–Crippen MR) is 81.6 cm³/mol. The third kappa shape index (κ3) is 2.32. The van der Waals surface area contributed by atoms with Crippen LogP contribution in [0.15, 0.2) is 18.5 Å². The molecule has 0 spiro atoms. The lowest BCUT2D eigenvalue weighted by Gasteiger charge is -2.06. The molecule has 0 aromatic carbocycles. The van der Waals surface area contributed by atoms with Crippen LogP contribution in [0.25, 0.3) is 20.2 Å². The van der Waals surface area contributed by atoms with E-state index in [1.807, 2.05) is 0 Å². The zero-order chi connectivity index (χ0) is 15.9. The molecule has 7 nitrogen and oxygen atoms in total. The predicted octanol–water partition coefficient (Wildman–Crippen LogP) is 2.02. The molecule has 0 fully saturated rings. The van der Waals surface area contributed by atoms with Crippen LogP contribution < -0.4 is 5.32 Å². The summed E-state index contributed by atoms with van der Waals surface area (Å²) in [7, 11) is 0. The normalized spacial score (nSPS) is 11.0. The van der Waals surface area contributed by atoms with Gasteiger partial charge in [-0.1, -0.05) is 11.6 Å². The van der Waals surface area contributed by atoms with E-state index in [-0.39, 0.29) is 16.6 Å². The summed E-state index contributed by atoms with van der Waals surface area (Å²) in [4.78, 5) is 30.3. The molecule has 0 atom stereocenters. The number of hydrogen-bond donors (Lipinski definition) is 3. The number of carbonyl (C=O) groups is 2. The number of aromatic nitrogens is 2. The van der Waals surface area contributed by atoms with Crippen LogP contribution in [-0.4, -0.2) is 38.6 Å². The second kappa shape index (κ2) is 5.39. The number of amides is 1. The monoisotopic (exact) mass is 337 g/mol. The van der Waals surface area contributed by atoms with E-state index in [9.17, 15) is 14.7 Å². The first-order valence-corrected chi connectivity index (χ1v) is 7.23. The van der Waals surface area contributed by atoms with Gasteiger partial charge in [0.2, 0.25) is 0 Å². The Morgan fingerprint density at radius 2 is 2.18 bits per heavy atom. The number of halogens is 1. The number of nitrogens with one attached hydrogen (secondary N) is 1. The van der Waals surface area contributed by atoms with Gasteiger partial charge < -0.3 is 15.5 Å². The molecular formula is C13H8ClN3O4S. The summed E-state index contributed by atoms with van der Waals surface area (Å²) in [5.74, 6) is -2.34. The number of rotatable bonds is 3. The maximum Gasteiger partial charge on any atom is 0.322 e. The van der Waals surface area contributed by atoms with Crippen LogP contribution in [0.5, 0.6) is 5.75 Å². The van der Waals surface area contributed by atoms with Crippen molar-refractivity contribution in [1.29, 1.82) is 0 Å². The van der Waals surface area contributed by atoms with Crippen molar-refractivity contribution in [1.82, 2.24) is 15.3 Å². The van der Waals surface area contributed by atoms with Crippen LogP contribution >= 0.6 is 22.9 Å². The fourth-order valence-electron chi connectivity index (χ4n) is 2.04. The van der Waals surface area contributed by atoms with E-state index < -0.39 is 18.4 Å². The summed E-state index contributed by atoms with van der Waals surface area (Å²) in [6, 6.07) is 1.74. The van der Waals surface area contributed by atoms with Crippen molar-refractivity contribution in [2.75, 3.05) is 6.54 Å². The number of nitrogens with zero attached hydrogens (tertiary/aromatic N) is 2. The molecule has 22 heavy (non-hydrogen) atoms. The number of pyridine rings is 2. The third-order valence-electron chi connectivity index (χ3n) is 2.96. The number of carboxylic acid groups (broad SMARTS) is 1. The zero-order valence-electron chi connectivity index (χ0n) is 10.8. The van der Waals surface area contributed by atoms with Crippen molar-refractivity contribution in [2.24, 2.45) is 0 Å². The molecular weight excluding hydrogens is 330 g/mol. The van der Waals surface area contributed by atoms with Crippen molar-refractivity contribution in [3.8, 4) is 5.75 Å². The number of thiophene rings is 1. The van der Waals surface area contributed by atoms with Crippen LogP contribution in [0.1, 0.15) is 10.5 Å². The number of fused-ring (bicyclic) bond motifs is 3. The summed E-state index contributed by atoms with van der Waals surface area (Å²) >= 11 is 7.35. The smallest absolute Gasteiger partial charge is 0.322 e. The number of carbonyl (C=O) groups excluding carboxylic acids is 1. The van der Waals surface area contributed by atoms with Gasteiger partial charge in [-0.15, -0.1) is 11.3 Å². The maximum atomic E-state index is 11.9. The van der Waals surface area contributed by atoms with Crippen molar-refractivity contribution < 1.29 is 19.8 Å². The lowest BCUT2D eigenvalue weighted by molar-refractivity contribution is -0.135. The Morgan fingerprint density at radius 3 is 2.91 bits per heavy atom. The van der Waals surface area contributed by atoms with Crippen molar-refractivity contribution in [2.45, 2.75) is 0 Å². The minimum absolute atomic E-state index is 0.0609. The van der Waals surface area contributed by atoms with E-state index in [1.165, 1.54) is 11.3 Å². The molecule has 0 saturated heterocycles. The first kappa shape index (κ1) is 14.5. The number of aliphatic carboxylic acids is 1. The molecule has 0 aliphatic rings. The first-order chi connectivity index (χ1) is 10.5. The van der Waals surface area contributed by atoms with E-state index in [0.29, 0.717) is 10.1 Å². The van der Waals surface area contributed by atoms with Crippen molar-refractivity contribution in [3.05, 3.63) is 29.3 Å². The Labute approximate surface area is 132 Å². The van der Waals surface area contributed by atoms with Gasteiger partial charge in [0, 0.05) is 23.2 Å². The highest BCUT2D eigenvalue weighted by Gasteiger charge is 2.22. The summed E-state index contributed by atoms with van der Waals surface area (Å²) in [5, 5.41) is 22.4. The van der Waals surface area contributed by atoms with Crippen LogP contribution in [-0.2, 0) is 4.79 Å². The fraction of sp³-hybridized carbons (Fsp3) is 0.0769. The van der Waals surface area contributed by atoms with Crippen LogP contribution in [0, 0.1) is 0 Å². The molecule has 1 amide bonds. The molecule has 3 aromatic heterocycles. The van der Waals surface area contributed by atoms with Gasteiger partial charge in [0.15, 0.2) is 11.4 Å². The highest BCUT2D eigenvalue weighted by Crippen LogP contribution is 2.42. The quantitative estimate of drug-likeness (QED) is 0.630. The largest absolute Gasteiger partial charge is 0.504 e. The van der Waals surface area contributed by atoms with Crippen molar-refractivity contribution in [3.63, 3.8) is 0 Å². The number of hydrogen-bond acceptors (Lipinski definition) is 6. The minimum atomic E-state index is -1.20. The molecule has 112 valence electrons. The van der Waals surface area contributed by atoms with E-state index in [4.69, 9.17) is 16.7 Å². The number of aromatic hydroxyl groups is 1. The van der Waals surface area contributed by atoms with E-state index in [1.54, 1.807) is 18.5 Å². The lowest BCUT2D eigenvalue weighted by Crippen LogP contribution is -2.30.